The van der Waals surface area contributed by atoms with Gasteiger partial charge in [0.1, 0.15) is 28.7 Å². The van der Waals surface area contributed by atoms with E-state index in [1.807, 2.05) is 234 Å². The molecule has 0 radical (unpaired) electrons. The first-order chi connectivity index (χ1) is 44.8. The predicted octanol–water partition coefficient (Wildman–Crippen LogP) is 20.9. The van der Waals surface area contributed by atoms with Gasteiger partial charge in [0.05, 0.1) is 23.7 Å². The lowest BCUT2D eigenvalue weighted by molar-refractivity contribution is -0.147. The minimum Gasteiger partial charge on any atom is -0.507 e. The zero-order valence-corrected chi connectivity index (χ0v) is 67.4. The monoisotopic (exact) mass is 1380 g/mol. The molecule has 0 aliphatic heterocycles. The van der Waals surface area contributed by atoms with Gasteiger partial charge in [-0.3, -0.25) is 19.2 Å². The highest BCUT2D eigenvalue weighted by atomic mass is 16.5. The molecule has 5 aromatic carbocycles. The van der Waals surface area contributed by atoms with E-state index >= 15 is 4.79 Å². The van der Waals surface area contributed by atoms with Gasteiger partial charge in [-0.05, 0) is 185 Å². The van der Waals surface area contributed by atoms with Crippen LogP contribution in [0.3, 0.4) is 0 Å². The van der Waals surface area contributed by atoms with Crippen LogP contribution in [0.25, 0.3) is 0 Å². The fourth-order valence-electron chi connectivity index (χ4n) is 14.7. The van der Waals surface area contributed by atoms with E-state index < -0.39 is 107 Å². The Balaban J connectivity index is 2.11. The third-order valence-electron chi connectivity index (χ3n) is 20.2. The minimum absolute atomic E-state index is 0.0483. The molecule has 4 atom stereocenters. The van der Waals surface area contributed by atoms with Gasteiger partial charge in [0, 0.05) is 11.1 Å². The molecule has 5 aromatic rings. The number of hydrogen-bond donors (Lipinski definition) is 7. The van der Waals surface area contributed by atoms with Gasteiger partial charge in [0.25, 0.3) is 0 Å². The molecule has 5 rings (SSSR count). The third kappa shape index (κ3) is 20.7. The molecular weight excluding hydrogens is 1250 g/mol. The molecule has 0 aliphatic rings. The molecule has 0 aliphatic carbocycles. The molecule has 0 saturated carbocycles. The van der Waals surface area contributed by atoms with Crippen molar-refractivity contribution in [3.05, 3.63) is 144 Å². The summed E-state index contributed by atoms with van der Waals surface area (Å²) in [7, 11) is 0. The number of aliphatic carboxylic acids is 3. The van der Waals surface area contributed by atoms with E-state index in [-0.39, 0.29) is 74.4 Å². The van der Waals surface area contributed by atoms with Crippen molar-refractivity contribution in [3.63, 3.8) is 0 Å². The minimum atomic E-state index is -1.69. The van der Waals surface area contributed by atoms with Crippen LogP contribution in [0.15, 0.2) is 60.7 Å². The van der Waals surface area contributed by atoms with Crippen LogP contribution in [-0.4, -0.2) is 59.6 Å². The predicted molar refractivity (Wildman–Crippen MR) is 409 cm³/mol. The summed E-state index contributed by atoms with van der Waals surface area (Å²) in [5, 5.41) is 85.0. The average molecular weight is 1380 g/mol. The number of carbonyl (C=O) groups is 4. The average Bonchev–Trinajstić information content (AvgIpc) is 0.782. The van der Waals surface area contributed by atoms with Crippen molar-refractivity contribution >= 4 is 23.9 Å². The lowest BCUT2D eigenvalue weighted by atomic mass is 9.61. The molecule has 100 heavy (non-hydrogen) atoms. The maximum Gasteiger partial charge on any atom is 0.314 e. The van der Waals surface area contributed by atoms with E-state index in [1.54, 1.807) is 0 Å². The van der Waals surface area contributed by atoms with E-state index in [0.29, 0.717) is 72.5 Å². The van der Waals surface area contributed by atoms with E-state index in [9.17, 15) is 50.1 Å². The standard InChI is InChI=1S/C88H130O12/c1-50-32-67(86(26,27)28)73(68(33-50)87(29,30)31)100-77(99)58(37-54-44-65(84(20,21)22)72(92)66(45-54)85(23,24)25)49-88(46-55(74(93)94)34-51-38-59(78(2,3)4)69(89)60(39-51)79(5,6)7,47-56(75(95)96)35-52-40-61(80(8,9)10)70(90)62(41-52)81(11,12)13)48-57(76(97)98)36-53-42-63(82(14,15)16)71(91)64(43-53)83(17,18)19/h32-33,38-45,55-58,89-92H,34-37,46-49H2,1-31H3,(H,93,94)(H,95,96)(H,97,98)/t55-,56-,57-,58-/m1/s1. The highest BCUT2D eigenvalue weighted by molar-refractivity contribution is 5.78. The van der Waals surface area contributed by atoms with Crippen molar-refractivity contribution in [2.24, 2.45) is 29.1 Å². The lowest BCUT2D eigenvalue weighted by Gasteiger charge is -2.42. The first-order valence-corrected chi connectivity index (χ1v) is 36.3. The Bertz CT molecular complexity index is 3390. The number of carboxylic acid groups (broad SMARTS) is 3. The summed E-state index contributed by atoms with van der Waals surface area (Å²) >= 11 is 0. The molecule has 0 fully saturated rings. The largest absolute Gasteiger partial charge is 0.507 e. The SMILES string of the molecule is Cc1cc(C(C)(C)C)c(OC(=O)[C@H](Cc2cc(C(C)(C)C)c(O)c(C(C)(C)C)c2)CC(C[C@@H](Cc2cc(C(C)(C)C)c(O)c(C(C)(C)C)c2)C(=O)O)(C[C@@H](Cc2cc(C(C)(C)C)c(O)c(C(C)(C)C)c2)C(=O)O)C[C@@H](Cc2cc(C(C)(C)C)c(O)c(C(C)(C)C)c2)C(=O)O)c(C(C)(C)C)c1. The number of benzene rings is 5. The molecule has 0 amide bonds. The van der Waals surface area contributed by atoms with E-state index in [2.05, 4.69) is 41.5 Å². The maximum absolute atomic E-state index is 16.8. The van der Waals surface area contributed by atoms with Crippen LogP contribution in [0.1, 0.15) is 317 Å². The lowest BCUT2D eigenvalue weighted by Crippen LogP contribution is -2.40. The van der Waals surface area contributed by atoms with Crippen molar-refractivity contribution in [2.75, 3.05) is 0 Å². The summed E-state index contributed by atoms with van der Waals surface area (Å²) in [6.07, 6.45) is -1.61. The summed E-state index contributed by atoms with van der Waals surface area (Å²) in [5.74, 6) is -8.80. The van der Waals surface area contributed by atoms with Crippen molar-refractivity contribution in [2.45, 2.75) is 320 Å². The van der Waals surface area contributed by atoms with E-state index in [1.165, 1.54) is 0 Å². The molecular formula is C88H130O12. The number of aromatic hydroxyl groups is 4. The molecule has 0 heterocycles. The first-order valence-electron chi connectivity index (χ1n) is 36.3. The topological polar surface area (TPSA) is 219 Å². The molecule has 12 nitrogen and oxygen atoms in total. The van der Waals surface area contributed by atoms with Crippen molar-refractivity contribution in [1.82, 2.24) is 0 Å². The molecule has 0 bridgehead atoms. The fraction of sp³-hybridized carbons (Fsp3) is 0.614. The number of hydrogen-bond acceptors (Lipinski definition) is 9. The summed E-state index contributed by atoms with van der Waals surface area (Å²) < 4.78 is 7.12. The second-order valence-corrected chi connectivity index (χ2v) is 40.2. The third-order valence-corrected chi connectivity index (χ3v) is 20.2. The van der Waals surface area contributed by atoms with Crippen molar-refractivity contribution in [1.29, 1.82) is 0 Å². The molecule has 0 unspecified atom stereocenters. The number of ether oxygens (including phenoxy) is 1. The van der Waals surface area contributed by atoms with Gasteiger partial charge < -0.3 is 40.5 Å². The zero-order valence-electron chi connectivity index (χ0n) is 67.4. The number of rotatable bonds is 21. The molecule has 554 valence electrons. The fourth-order valence-corrected chi connectivity index (χ4v) is 14.7. The Labute approximate surface area is 602 Å². The molecule has 0 saturated heterocycles. The molecule has 7 N–H and O–H groups in total. The quantitative estimate of drug-likeness (QED) is 0.0270. The van der Waals surface area contributed by atoms with E-state index in [0.717, 1.165) is 16.7 Å². The van der Waals surface area contributed by atoms with Gasteiger partial charge in [-0.25, -0.2) is 0 Å². The highest BCUT2D eigenvalue weighted by Crippen LogP contribution is 2.52. The molecule has 0 aromatic heterocycles. The number of carbonyl (C=O) groups excluding carboxylic acids is 1. The number of phenols is 4. The number of phenolic OH excluding ortho intramolecular Hbond substituents is 4. The highest BCUT2D eigenvalue weighted by Gasteiger charge is 2.47. The van der Waals surface area contributed by atoms with Gasteiger partial charge in [-0.15, -0.1) is 0 Å². The van der Waals surface area contributed by atoms with Gasteiger partial charge in [0.2, 0.25) is 0 Å². The number of carboxylic acids is 3. The number of esters is 1. The van der Waals surface area contributed by atoms with Crippen LogP contribution in [0, 0.1) is 36.0 Å². The van der Waals surface area contributed by atoms with Crippen molar-refractivity contribution in [3.8, 4) is 28.7 Å². The summed E-state index contributed by atoms with van der Waals surface area (Å²) in [4.78, 5) is 61.5. The van der Waals surface area contributed by atoms with Crippen LogP contribution in [-0.2, 0) is 99.0 Å². The second-order valence-electron chi connectivity index (χ2n) is 40.2. The van der Waals surface area contributed by atoms with Gasteiger partial charge >= 0.3 is 23.9 Å². The normalized spacial score (nSPS) is 14.8. The van der Waals surface area contributed by atoms with Crippen LogP contribution < -0.4 is 4.74 Å². The van der Waals surface area contributed by atoms with Crippen LogP contribution >= 0.6 is 0 Å². The van der Waals surface area contributed by atoms with Crippen LogP contribution in [0.4, 0.5) is 0 Å². The van der Waals surface area contributed by atoms with E-state index in [4.69, 9.17) is 4.74 Å². The van der Waals surface area contributed by atoms with Gasteiger partial charge in [-0.2, -0.15) is 0 Å². The Morgan fingerprint density at radius 2 is 0.460 bits per heavy atom. The smallest absolute Gasteiger partial charge is 0.314 e. The summed E-state index contributed by atoms with van der Waals surface area (Å²) in [5.41, 5.74) is 2.27. The van der Waals surface area contributed by atoms with Gasteiger partial charge in [0.15, 0.2) is 0 Å². The Hall–Kier alpha value is -6.82. The first kappa shape index (κ1) is 83.8. The Morgan fingerprint density at radius 3 is 0.630 bits per heavy atom. The molecule has 0 spiro atoms. The summed E-state index contributed by atoms with van der Waals surface area (Å²) in [6, 6.07) is 19.0. The summed E-state index contributed by atoms with van der Waals surface area (Å²) in [6.45, 7) is 62.1. The zero-order chi connectivity index (χ0) is 77.1. The van der Waals surface area contributed by atoms with Crippen LogP contribution in [0.2, 0.25) is 0 Å². The number of aryl methyl sites for hydroxylation is 1. The van der Waals surface area contributed by atoms with Gasteiger partial charge in [-0.1, -0.05) is 274 Å². The second kappa shape index (κ2) is 29.1. The van der Waals surface area contributed by atoms with Crippen molar-refractivity contribution < 1.29 is 59.7 Å². The van der Waals surface area contributed by atoms with Crippen LogP contribution in [0.5, 0.6) is 28.7 Å². The molecule has 12 heteroatoms. The Morgan fingerprint density at radius 1 is 0.290 bits per heavy atom. The Kier molecular flexibility index (Phi) is 24.4. The maximum atomic E-state index is 16.8.